The summed E-state index contributed by atoms with van der Waals surface area (Å²) >= 11 is 0. The van der Waals surface area contributed by atoms with E-state index in [9.17, 15) is 14.4 Å². The molecule has 2 aromatic rings. The van der Waals surface area contributed by atoms with Crippen LogP contribution in [0.5, 0.6) is 0 Å². The summed E-state index contributed by atoms with van der Waals surface area (Å²) in [5, 5.41) is 5.41. The maximum absolute atomic E-state index is 12.0. The number of nitrogens with two attached hydrogens (primary N) is 1. The summed E-state index contributed by atoms with van der Waals surface area (Å²) in [4.78, 5) is 34.9. The molecule has 0 atom stereocenters. The summed E-state index contributed by atoms with van der Waals surface area (Å²) in [6.45, 7) is 2.08. The lowest BCUT2D eigenvalue weighted by molar-refractivity contribution is -0.116. The summed E-state index contributed by atoms with van der Waals surface area (Å²) in [7, 11) is 0. The van der Waals surface area contributed by atoms with Crippen LogP contribution in [0.25, 0.3) is 0 Å². The van der Waals surface area contributed by atoms with E-state index in [1.165, 1.54) is 6.26 Å². The first-order valence-corrected chi connectivity index (χ1v) is 7.50. The van der Waals surface area contributed by atoms with Gasteiger partial charge in [0.25, 0.3) is 5.91 Å². The van der Waals surface area contributed by atoms with Gasteiger partial charge in [-0.2, -0.15) is 0 Å². The molecule has 1 aromatic carbocycles. The van der Waals surface area contributed by atoms with Gasteiger partial charge >= 0.3 is 0 Å². The van der Waals surface area contributed by atoms with E-state index in [1.807, 2.05) is 0 Å². The maximum atomic E-state index is 12.0. The Balaban J connectivity index is 1.79. The highest BCUT2D eigenvalue weighted by Gasteiger charge is 2.11. The molecule has 1 aromatic heterocycles. The minimum absolute atomic E-state index is 0.202. The molecule has 0 unspecified atom stereocenters. The average Bonchev–Trinajstić information content (AvgIpc) is 3.07. The third-order valence-electron chi connectivity index (χ3n) is 3.48. The van der Waals surface area contributed by atoms with Crippen molar-refractivity contribution in [1.82, 2.24) is 5.32 Å². The van der Waals surface area contributed by atoms with Crippen molar-refractivity contribution in [3.8, 4) is 0 Å². The largest absolute Gasteiger partial charge is 0.459 e. The highest BCUT2D eigenvalue weighted by atomic mass is 16.3. The number of primary amides is 1. The summed E-state index contributed by atoms with van der Waals surface area (Å²) in [6.07, 6.45) is 2.14. The van der Waals surface area contributed by atoms with Crippen LogP contribution in [0.3, 0.4) is 0 Å². The van der Waals surface area contributed by atoms with Gasteiger partial charge < -0.3 is 20.8 Å². The lowest BCUT2D eigenvalue weighted by atomic mass is 10.1. The number of nitrogens with one attached hydrogen (secondary N) is 2. The monoisotopic (exact) mass is 329 g/mol. The zero-order valence-electron chi connectivity index (χ0n) is 13.3. The van der Waals surface area contributed by atoms with E-state index in [0.29, 0.717) is 29.8 Å². The fraction of sp³-hybridized carbons (Fsp3) is 0.235. The fourth-order valence-electron chi connectivity index (χ4n) is 2.20. The van der Waals surface area contributed by atoms with Crippen LogP contribution in [0.4, 0.5) is 5.69 Å². The first kappa shape index (κ1) is 17.3. The molecule has 0 fully saturated rings. The lowest BCUT2D eigenvalue weighted by Crippen LogP contribution is -2.25. The Labute approximate surface area is 139 Å². The van der Waals surface area contributed by atoms with Gasteiger partial charge in [-0.25, -0.2) is 0 Å². The Morgan fingerprint density at radius 3 is 2.62 bits per heavy atom. The number of amides is 3. The zero-order valence-corrected chi connectivity index (χ0v) is 13.3. The van der Waals surface area contributed by atoms with E-state index in [4.69, 9.17) is 10.2 Å². The van der Waals surface area contributed by atoms with Crippen LogP contribution in [-0.4, -0.2) is 24.3 Å². The molecule has 24 heavy (non-hydrogen) atoms. The maximum Gasteiger partial charge on any atom is 0.286 e. The predicted molar refractivity (Wildman–Crippen MR) is 88.6 cm³/mol. The Kier molecular flexibility index (Phi) is 5.73. The highest BCUT2D eigenvalue weighted by Crippen LogP contribution is 2.18. The molecule has 1 heterocycles. The fourth-order valence-corrected chi connectivity index (χ4v) is 2.20. The van der Waals surface area contributed by atoms with Crippen LogP contribution in [-0.2, 0) is 4.79 Å². The topological polar surface area (TPSA) is 114 Å². The molecule has 3 amide bonds. The molecule has 0 aliphatic rings. The number of rotatable bonds is 7. The first-order chi connectivity index (χ1) is 11.5. The highest BCUT2D eigenvalue weighted by molar-refractivity contribution is 5.98. The van der Waals surface area contributed by atoms with E-state index in [1.54, 1.807) is 37.3 Å². The van der Waals surface area contributed by atoms with Gasteiger partial charge in [-0.3, -0.25) is 14.4 Å². The molecule has 4 N–H and O–H groups in total. The average molecular weight is 329 g/mol. The van der Waals surface area contributed by atoms with Crippen LogP contribution in [0.2, 0.25) is 0 Å². The number of carbonyl (C=O) groups is 3. The predicted octanol–water partition coefficient (Wildman–Crippen LogP) is 1.84. The van der Waals surface area contributed by atoms with Crippen molar-refractivity contribution in [1.29, 1.82) is 0 Å². The van der Waals surface area contributed by atoms with Crippen molar-refractivity contribution in [2.24, 2.45) is 5.73 Å². The van der Waals surface area contributed by atoms with Crippen molar-refractivity contribution in [2.45, 2.75) is 19.8 Å². The molecule has 0 spiro atoms. The molecule has 0 saturated heterocycles. The van der Waals surface area contributed by atoms with Gasteiger partial charge in [0.1, 0.15) is 0 Å². The molecule has 0 saturated carbocycles. The van der Waals surface area contributed by atoms with Crippen molar-refractivity contribution >= 4 is 23.4 Å². The lowest BCUT2D eigenvalue weighted by Gasteiger charge is -2.11. The number of hydrogen-bond acceptors (Lipinski definition) is 4. The van der Waals surface area contributed by atoms with Gasteiger partial charge in [0.05, 0.1) is 6.26 Å². The minimum Gasteiger partial charge on any atom is -0.459 e. The number of carbonyl (C=O) groups excluding carboxylic acids is 3. The second kappa shape index (κ2) is 7.96. The summed E-state index contributed by atoms with van der Waals surface area (Å²) < 4.78 is 4.97. The Bertz CT molecular complexity index is 738. The molecular formula is C17H19N3O4. The molecule has 0 aliphatic heterocycles. The van der Waals surface area contributed by atoms with Gasteiger partial charge in [0.2, 0.25) is 11.8 Å². The standard InChI is InChI=1S/C17H19N3O4/c1-11-12(16(18)22)5-2-6-13(11)20-15(21)8-3-9-19-17(23)14-7-4-10-24-14/h2,4-7,10H,3,8-9H2,1H3,(H2,18,22)(H,19,23)(H,20,21). The number of benzene rings is 1. The van der Waals surface area contributed by atoms with Gasteiger partial charge in [0, 0.05) is 24.2 Å². The second-order valence-electron chi connectivity index (χ2n) is 5.23. The van der Waals surface area contributed by atoms with Crippen molar-refractivity contribution < 1.29 is 18.8 Å². The van der Waals surface area contributed by atoms with Gasteiger partial charge in [-0.05, 0) is 43.2 Å². The van der Waals surface area contributed by atoms with E-state index in [2.05, 4.69) is 10.6 Å². The summed E-state index contributed by atoms with van der Waals surface area (Å²) in [5.74, 6) is -0.819. The van der Waals surface area contributed by atoms with Crippen molar-refractivity contribution in [3.05, 3.63) is 53.5 Å². The Morgan fingerprint density at radius 1 is 1.17 bits per heavy atom. The van der Waals surface area contributed by atoms with Crippen LogP contribution < -0.4 is 16.4 Å². The SMILES string of the molecule is Cc1c(NC(=O)CCCNC(=O)c2ccco2)cccc1C(N)=O. The zero-order chi connectivity index (χ0) is 17.5. The van der Waals surface area contributed by atoms with Gasteiger partial charge in [-0.1, -0.05) is 6.07 Å². The van der Waals surface area contributed by atoms with Crippen molar-refractivity contribution in [3.63, 3.8) is 0 Å². The van der Waals surface area contributed by atoms with E-state index in [-0.39, 0.29) is 24.0 Å². The first-order valence-electron chi connectivity index (χ1n) is 7.50. The van der Waals surface area contributed by atoms with Crippen molar-refractivity contribution in [2.75, 3.05) is 11.9 Å². The summed E-state index contributed by atoms with van der Waals surface area (Å²) in [5.41, 5.74) is 6.84. The smallest absolute Gasteiger partial charge is 0.286 e. The van der Waals surface area contributed by atoms with Crippen LogP contribution >= 0.6 is 0 Å². The van der Waals surface area contributed by atoms with Gasteiger partial charge in [-0.15, -0.1) is 0 Å². The second-order valence-corrected chi connectivity index (χ2v) is 5.23. The normalized spacial score (nSPS) is 10.2. The molecule has 0 aliphatic carbocycles. The van der Waals surface area contributed by atoms with Gasteiger partial charge in [0.15, 0.2) is 5.76 Å². The number of furan rings is 1. The molecule has 0 bridgehead atoms. The molecule has 126 valence electrons. The minimum atomic E-state index is -0.538. The molecule has 2 rings (SSSR count). The van der Waals surface area contributed by atoms with Crippen LogP contribution in [0.15, 0.2) is 41.0 Å². The van der Waals surface area contributed by atoms with E-state index >= 15 is 0 Å². The molecular weight excluding hydrogens is 310 g/mol. The Morgan fingerprint density at radius 2 is 1.96 bits per heavy atom. The third-order valence-corrected chi connectivity index (χ3v) is 3.48. The van der Waals surface area contributed by atoms with Crippen LogP contribution in [0, 0.1) is 6.92 Å². The summed E-state index contributed by atoms with van der Waals surface area (Å²) in [6, 6.07) is 8.17. The molecule has 7 heteroatoms. The number of anilines is 1. The quantitative estimate of drug-likeness (QED) is 0.672. The van der Waals surface area contributed by atoms with E-state index in [0.717, 1.165) is 0 Å². The molecule has 0 radical (unpaired) electrons. The number of hydrogen-bond donors (Lipinski definition) is 3. The van der Waals surface area contributed by atoms with Crippen LogP contribution in [0.1, 0.15) is 39.3 Å². The third kappa shape index (κ3) is 4.45. The van der Waals surface area contributed by atoms with E-state index < -0.39 is 5.91 Å². The Hall–Kier alpha value is -3.09. The molecule has 7 nitrogen and oxygen atoms in total.